The van der Waals surface area contributed by atoms with Gasteiger partial charge in [-0.3, -0.25) is 0 Å². The van der Waals surface area contributed by atoms with E-state index in [0.717, 1.165) is 11.2 Å². The fraction of sp³-hybridized carbons (Fsp3) is 0.250. The van der Waals surface area contributed by atoms with E-state index in [9.17, 15) is 0 Å². The highest BCUT2D eigenvalue weighted by molar-refractivity contribution is 6.90. The van der Waals surface area contributed by atoms with E-state index in [1.807, 2.05) is 6.92 Å². The van der Waals surface area contributed by atoms with Crippen LogP contribution in [-0.4, -0.2) is 18.0 Å². The SMILES string of the molecule is Cc1ncnc2c1ccc1cccc([Si](C)(C)C)c12. The molecule has 0 unspecified atom stereocenters. The van der Waals surface area contributed by atoms with Gasteiger partial charge in [0.2, 0.25) is 0 Å². The van der Waals surface area contributed by atoms with E-state index < -0.39 is 8.07 Å². The van der Waals surface area contributed by atoms with Crippen molar-refractivity contribution in [2.45, 2.75) is 26.6 Å². The predicted octanol–water partition coefficient (Wildman–Crippen LogP) is 3.64. The maximum atomic E-state index is 4.56. The summed E-state index contributed by atoms with van der Waals surface area (Å²) in [5.41, 5.74) is 2.15. The molecule has 0 spiro atoms. The highest BCUT2D eigenvalue weighted by atomic mass is 28.3. The van der Waals surface area contributed by atoms with Gasteiger partial charge in [0.25, 0.3) is 0 Å². The molecule has 3 rings (SSSR count). The molecule has 2 aromatic carbocycles. The zero-order chi connectivity index (χ0) is 13.6. The third-order valence-electron chi connectivity index (χ3n) is 3.65. The highest BCUT2D eigenvalue weighted by Crippen LogP contribution is 2.25. The Labute approximate surface area is 114 Å². The summed E-state index contributed by atoms with van der Waals surface area (Å²) in [7, 11) is -1.39. The minimum atomic E-state index is -1.39. The maximum Gasteiger partial charge on any atom is 0.116 e. The smallest absolute Gasteiger partial charge is 0.116 e. The van der Waals surface area contributed by atoms with Crippen molar-refractivity contribution in [2.75, 3.05) is 0 Å². The average molecular weight is 266 g/mol. The summed E-state index contributed by atoms with van der Waals surface area (Å²) in [5, 5.41) is 5.25. The number of rotatable bonds is 1. The summed E-state index contributed by atoms with van der Waals surface area (Å²) in [6, 6.07) is 10.9. The van der Waals surface area contributed by atoms with Gasteiger partial charge in [-0.05, 0) is 12.3 Å². The van der Waals surface area contributed by atoms with Gasteiger partial charge < -0.3 is 0 Å². The molecule has 0 saturated carbocycles. The van der Waals surface area contributed by atoms with Crippen LogP contribution in [0, 0.1) is 6.92 Å². The summed E-state index contributed by atoms with van der Waals surface area (Å²) in [6.07, 6.45) is 1.68. The summed E-state index contributed by atoms with van der Waals surface area (Å²) in [4.78, 5) is 8.86. The van der Waals surface area contributed by atoms with Crippen LogP contribution in [0.25, 0.3) is 21.7 Å². The van der Waals surface area contributed by atoms with Crippen LogP contribution < -0.4 is 5.19 Å². The van der Waals surface area contributed by atoms with Crippen molar-refractivity contribution in [1.82, 2.24) is 9.97 Å². The molecule has 3 heteroatoms. The predicted molar refractivity (Wildman–Crippen MR) is 84.8 cm³/mol. The van der Waals surface area contributed by atoms with Gasteiger partial charge in [-0.1, -0.05) is 55.2 Å². The first-order valence-electron chi connectivity index (χ1n) is 6.62. The zero-order valence-electron chi connectivity index (χ0n) is 11.9. The number of hydrogen-bond acceptors (Lipinski definition) is 2. The van der Waals surface area contributed by atoms with E-state index in [1.165, 1.54) is 21.3 Å². The largest absolute Gasteiger partial charge is 0.241 e. The Bertz CT molecular complexity index is 773. The van der Waals surface area contributed by atoms with Crippen LogP contribution in [0.3, 0.4) is 0 Å². The van der Waals surface area contributed by atoms with Crippen molar-refractivity contribution in [1.29, 1.82) is 0 Å². The van der Waals surface area contributed by atoms with E-state index in [0.29, 0.717) is 0 Å². The summed E-state index contributed by atoms with van der Waals surface area (Å²) in [5.74, 6) is 0. The van der Waals surface area contributed by atoms with Gasteiger partial charge in [0.05, 0.1) is 13.6 Å². The highest BCUT2D eigenvalue weighted by Gasteiger charge is 2.20. The Morgan fingerprint density at radius 1 is 0.947 bits per heavy atom. The molecule has 1 aromatic heterocycles. The molecule has 0 radical (unpaired) electrons. The quantitative estimate of drug-likeness (QED) is 0.496. The summed E-state index contributed by atoms with van der Waals surface area (Å²) >= 11 is 0. The van der Waals surface area contributed by atoms with Crippen molar-refractivity contribution in [3.63, 3.8) is 0 Å². The number of aryl methyl sites for hydroxylation is 1. The Morgan fingerprint density at radius 2 is 1.74 bits per heavy atom. The molecule has 2 nitrogen and oxygen atoms in total. The van der Waals surface area contributed by atoms with E-state index in [4.69, 9.17) is 0 Å². The van der Waals surface area contributed by atoms with Gasteiger partial charge in [-0.2, -0.15) is 0 Å². The van der Waals surface area contributed by atoms with E-state index >= 15 is 0 Å². The first kappa shape index (κ1) is 12.3. The van der Waals surface area contributed by atoms with E-state index in [2.05, 4.69) is 59.9 Å². The van der Waals surface area contributed by atoms with Crippen molar-refractivity contribution < 1.29 is 0 Å². The molecular formula is C16H18N2Si. The lowest BCUT2D eigenvalue weighted by molar-refractivity contribution is 1.15. The number of fused-ring (bicyclic) bond motifs is 3. The monoisotopic (exact) mass is 266 g/mol. The van der Waals surface area contributed by atoms with Crippen LogP contribution in [0.5, 0.6) is 0 Å². The molecule has 19 heavy (non-hydrogen) atoms. The molecule has 96 valence electrons. The second-order valence-corrected chi connectivity index (χ2v) is 11.1. The van der Waals surface area contributed by atoms with Gasteiger partial charge in [0.15, 0.2) is 0 Å². The van der Waals surface area contributed by atoms with Crippen molar-refractivity contribution in [2.24, 2.45) is 0 Å². The Kier molecular flexibility index (Phi) is 2.68. The molecule has 0 bridgehead atoms. The van der Waals surface area contributed by atoms with Gasteiger partial charge in [0.1, 0.15) is 6.33 Å². The molecule has 0 amide bonds. The summed E-state index contributed by atoms with van der Waals surface area (Å²) in [6.45, 7) is 9.20. The molecule has 0 saturated heterocycles. The van der Waals surface area contributed by atoms with Gasteiger partial charge >= 0.3 is 0 Å². The number of aromatic nitrogens is 2. The van der Waals surface area contributed by atoms with Crippen LogP contribution >= 0.6 is 0 Å². The normalized spacial score (nSPS) is 12.2. The van der Waals surface area contributed by atoms with Crippen molar-refractivity contribution >= 4 is 34.9 Å². The molecule has 0 fully saturated rings. The van der Waals surface area contributed by atoms with Gasteiger partial charge in [-0.15, -0.1) is 0 Å². The lowest BCUT2D eigenvalue weighted by Gasteiger charge is -2.20. The Balaban J connectivity index is 2.57. The first-order chi connectivity index (χ1) is 8.98. The Morgan fingerprint density at radius 3 is 2.47 bits per heavy atom. The molecule has 1 heterocycles. The molecule has 3 aromatic rings. The van der Waals surface area contributed by atoms with Crippen molar-refractivity contribution in [3.8, 4) is 0 Å². The van der Waals surface area contributed by atoms with Crippen LogP contribution in [0.4, 0.5) is 0 Å². The van der Waals surface area contributed by atoms with Crippen LogP contribution in [0.15, 0.2) is 36.7 Å². The standard InChI is InChI=1S/C16H18N2Si/c1-11-13-9-8-12-6-5-7-14(19(2,3)4)15(12)16(13)18-10-17-11/h5-10H,1-4H3. The number of nitrogens with zero attached hydrogens (tertiary/aromatic N) is 2. The third kappa shape index (κ3) is 1.94. The fourth-order valence-electron chi connectivity index (χ4n) is 2.65. The zero-order valence-corrected chi connectivity index (χ0v) is 12.9. The van der Waals surface area contributed by atoms with E-state index in [-0.39, 0.29) is 0 Å². The van der Waals surface area contributed by atoms with Gasteiger partial charge in [0, 0.05) is 16.5 Å². The first-order valence-corrected chi connectivity index (χ1v) is 10.1. The van der Waals surface area contributed by atoms with Gasteiger partial charge in [-0.25, -0.2) is 9.97 Å². The van der Waals surface area contributed by atoms with Crippen LogP contribution in [0.2, 0.25) is 19.6 Å². The number of hydrogen-bond donors (Lipinski definition) is 0. The number of benzene rings is 2. The average Bonchev–Trinajstić information content (AvgIpc) is 2.37. The molecule has 0 atom stereocenters. The molecule has 0 N–H and O–H groups in total. The third-order valence-corrected chi connectivity index (χ3v) is 5.69. The van der Waals surface area contributed by atoms with Crippen molar-refractivity contribution in [3.05, 3.63) is 42.4 Å². The second kappa shape index (κ2) is 4.13. The molecule has 0 aliphatic heterocycles. The lowest BCUT2D eigenvalue weighted by atomic mass is 10.1. The topological polar surface area (TPSA) is 25.8 Å². The minimum Gasteiger partial charge on any atom is -0.241 e. The minimum absolute atomic E-state index is 1.05. The molecule has 0 aliphatic rings. The van der Waals surface area contributed by atoms with Crippen LogP contribution in [0.1, 0.15) is 5.69 Å². The lowest BCUT2D eigenvalue weighted by Crippen LogP contribution is -2.38. The molecule has 0 aliphatic carbocycles. The fourth-order valence-corrected chi connectivity index (χ4v) is 4.26. The molecular weight excluding hydrogens is 248 g/mol. The maximum absolute atomic E-state index is 4.56. The second-order valence-electron chi connectivity index (χ2n) is 6.07. The van der Waals surface area contributed by atoms with E-state index in [1.54, 1.807) is 6.33 Å². The summed E-state index contributed by atoms with van der Waals surface area (Å²) < 4.78 is 0. The Hall–Kier alpha value is -1.74. The van der Waals surface area contributed by atoms with Crippen LogP contribution in [-0.2, 0) is 0 Å².